The molecular formula is C29H38O12. The Kier molecular flexibility index (Phi) is 9.22. The Morgan fingerprint density at radius 1 is 0.902 bits per heavy atom. The quantitative estimate of drug-likeness (QED) is 0.247. The monoisotopic (exact) mass is 578 g/mol. The van der Waals surface area contributed by atoms with Crippen molar-refractivity contribution >= 4 is 29.8 Å². The molecule has 0 spiro atoms. The lowest BCUT2D eigenvalue weighted by Gasteiger charge is -2.44. The van der Waals surface area contributed by atoms with Gasteiger partial charge >= 0.3 is 29.8 Å². The van der Waals surface area contributed by atoms with Crippen molar-refractivity contribution < 1.29 is 57.1 Å². The molecule has 2 saturated heterocycles. The lowest BCUT2D eigenvalue weighted by atomic mass is 9.80. The fraction of sp³-hybridized carbons (Fsp3) is 0.690. The second-order valence-corrected chi connectivity index (χ2v) is 11.2. The van der Waals surface area contributed by atoms with Gasteiger partial charge in [-0.25, -0.2) is 0 Å². The summed E-state index contributed by atoms with van der Waals surface area (Å²) in [6.45, 7) is 14.8. The van der Waals surface area contributed by atoms with Crippen LogP contribution in [0.4, 0.5) is 0 Å². The number of allylic oxidation sites excluding steroid dienone is 1. The zero-order valence-corrected chi connectivity index (χ0v) is 24.0. The Labute approximate surface area is 238 Å². The molecule has 2 aliphatic heterocycles. The molecule has 0 aromatic rings. The molecule has 2 aliphatic carbocycles. The second kappa shape index (κ2) is 12.3. The van der Waals surface area contributed by atoms with E-state index < -0.39 is 60.7 Å². The molecule has 4 fully saturated rings. The summed E-state index contributed by atoms with van der Waals surface area (Å²) in [4.78, 5) is 60.3. The van der Waals surface area contributed by atoms with Crippen LogP contribution in [0.3, 0.4) is 0 Å². The van der Waals surface area contributed by atoms with Crippen molar-refractivity contribution in [3.63, 3.8) is 0 Å². The van der Waals surface area contributed by atoms with E-state index in [2.05, 4.69) is 13.2 Å². The van der Waals surface area contributed by atoms with Gasteiger partial charge in [-0.2, -0.15) is 0 Å². The van der Waals surface area contributed by atoms with Gasteiger partial charge in [-0.05, 0) is 30.8 Å². The molecule has 2 saturated carbocycles. The van der Waals surface area contributed by atoms with E-state index in [0.29, 0.717) is 12.0 Å². The summed E-state index contributed by atoms with van der Waals surface area (Å²) in [6, 6.07) is 0. The number of esters is 5. The minimum absolute atomic E-state index is 0.0235. The summed E-state index contributed by atoms with van der Waals surface area (Å²) < 4.78 is 39.9. The first-order chi connectivity index (χ1) is 19.3. The van der Waals surface area contributed by atoms with Crippen molar-refractivity contribution in [3.05, 3.63) is 24.3 Å². The van der Waals surface area contributed by atoms with Crippen molar-refractivity contribution in [1.29, 1.82) is 0 Å². The molecule has 41 heavy (non-hydrogen) atoms. The molecule has 4 aliphatic rings. The maximum Gasteiger partial charge on any atom is 0.309 e. The Hall–Kier alpha value is -3.25. The van der Waals surface area contributed by atoms with Crippen LogP contribution < -0.4 is 0 Å². The van der Waals surface area contributed by atoms with Crippen LogP contribution in [0, 0.1) is 23.7 Å². The highest BCUT2D eigenvalue weighted by Crippen LogP contribution is 2.53. The third kappa shape index (κ3) is 6.48. The molecule has 0 aromatic carbocycles. The highest BCUT2D eigenvalue weighted by molar-refractivity contribution is 5.75. The number of fused-ring (bicyclic) bond motifs is 3. The summed E-state index contributed by atoms with van der Waals surface area (Å²) >= 11 is 0. The van der Waals surface area contributed by atoms with Crippen LogP contribution in [0.15, 0.2) is 24.3 Å². The van der Waals surface area contributed by atoms with Crippen LogP contribution >= 0.6 is 0 Å². The van der Waals surface area contributed by atoms with Crippen molar-refractivity contribution in [3.8, 4) is 0 Å². The number of carbonyl (C=O) groups is 5. The molecular weight excluding hydrogens is 540 g/mol. The summed E-state index contributed by atoms with van der Waals surface area (Å²) in [5.74, 6) is -3.52. The molecule has 226 valence electrons. The molecule has 2 heterocycles. The SMILES string of the molecule is C=C1[C@@H]2[C@H]3OC(=O)[C@@H](C)[C@@H]3CCC(=C)[C@@H]2C[C@@H]1O[C@@H]1O[C@H](COC(C)=O)[C@@H](OC(C)=O)[C@H](OC(C)=O)[C@H]1OC(C)=O. The molecule has 4 rings (SSSR count). The van der Waals surface area contributed by atoms with Gasteiger partial charge in [0, 0.05) is 39.5 Å². The van der Waals surface area contributed by atoms with Gasteiger partial charge in [-0.15, -0.1) is 0 Å². The van der Waals surface area contributed by atoms with Gasteiger partial charge in [0.05, 0.1) is 12.0 Å². The van der Waals surface area contributed by atoms with E-state index in [1.54, 1.807) is 0 Å². The Morgan fingerprint density at radius 2 is 1.51 bits per heavy atom. The molecule has 0 N–H and O–H groups in total. The van der Waals surface area contributed by atoms with Crippen molar-refractivity contribution in [2.75, 3.05) is 6.61 Å². The standard InChI is InChI=1S/C29H38O12/c1-12-8-9-19-13(2)28(34)41-24(19)23-14(3)21(10-20(12)23)39-29-27(38-18(7)33)26(37-17(6)32)25(36-16(5)31)22(40-29)11-35-15(4)30/h13,19-27,29H,1,3,8-11H2,2,4-7H3/t13-,19-,20-,21-,22+,23-,24-,25+,26-,27+,29+/m0/s1. The van der Waals surface area contributed by atoms with Crippen molar-refractivity contribution in [1.82, 2.24) is 0 Å². The van der Waals surface area contributed by atoms with Crippen LogP contribution in [0.25, 0.3) is 0 Å². The number of hydrogen-bond acceptors (Lipinski definition) is 12. The third-order valence-electron chi connectivity index (χ3n) is 8.36. The maximum absolute atomic E-state index is 12.5. The van der Waals surface area contributed by atoms with Gasteiger partial charge in [0.25, 0.3) is 0 Å². The van der Waals surface area contributed by atoms with Gasteiger partial charge in [0.2, 0.25) is 0 Å². The van der Waals surface area contributed by atoms with E-state index in [-0.39, 0.29) is 42.4 Å². The first-order valence-corrected chi connectivity index (χ1v) is 13.8. The van der Waals surface area contributed by atoms with Crippen molar-refractivity contribution in [2.24, 2.45) is 23.7 Å². The lowest BCUT2D eigenvalue weighted by molar-refractivity contribution is -0.314. The maximum atomic E-state index is 12.5. The zero-order chi connectivity index (χ0) is 30.2. The average molecular weight is 579 g/mol. The minimum Gasteiger partial charge on any atom is -0.463 e. The average Bonchev–Trinajstić information content (AvgIpc) is 3.29. The summed E-state index contributed by atoms with van der Waals surface area (Å²) in [5, 5.41) is 0. The second-order valence-electron chi connectivity index (χ2n) is 11.2. The predicted molar refractivity (Wildman–Crippen MR) is 138 cm³/mol. The topological polar surface area (TPSA) is 150 Å². The number of rotatable bonds is 7. The van der Waals surface area contributed by atoms with Gasteiger partial charge in [-0.1, -0.05) is 25.7 Å². The highest BCUT2D eigenvalue weighted by atomic mass is 16.7. The first-order valence-electron chi connectivity index (χ1n) is 13.8. The predicted octanol–water partition coefficient (Wildman–Crippen LogP) is 2.17. The van der Waals surface area contributed by atoms with Crippen LogP contribution in [-0.2, 0) is 57.1 Å². The Morgan fingerprint density at radius 3 is 2.12 bits per heavy atom. The van der Waals surface area contributed by atoms with Crippen LogP contribution in [0.5, 0.6) is 0 Å². The zero-order valence-electron chi connectivity index (χ0n) is 24.0. The largest absolute Gasteiger partial charge is 0.463 e. The normalized spacial score (nSPS) is 38.2. The summed E-state index contributed by atoms with van der Waals surface area (Å²) in [6.07, 6.45) is -5.40. The van der Waals surface area contributed by atoms with E-state index in [9.17, 15) is 24.0 Å². The Bertz CT molecular complexity index is 1110. The third-order valence-corrected chi connectivity index (χ3v) is 8.36. The smallest absolute Gasteiger partial charge is 0.309 e. The van der Waals surface area contributed by atoms with Crippen LogP contribution in [0.1, 0.15) is 53.9 Å². The molecule has 12 nitrogen and oxygen atoms in total. The molecule has 11 atom stereocenters. The van der Waals surface area contributed by atoms with Gasteiger partial charge in [0.15, 0.2) is 24.6 Å². The molecule has 0 aromatic heterocycles. The first kappa shape index (κ1) is 30.7. The summed E-state index contributed by atoms with van der Waals surface area (Å²) in [7, 11) is 0. The van der Waals surface area contributed by atoms with E-state index >= 15 is 0 Å². The van der Waals surface area contributed by atoms with E-state index in [4.69, 9.17) is 33.2 Å². The van der Waals surface area contributed by atoms with E-state index in [1.165, 1.54) is 13.8 Å². The van der Waals surface area contributed by atoms with Crippen molar-refractivity contribution in [2.45, 2.75) is 96.8 Å². The number of hydrogen-bond donors (Lipinski definition) is 0. The molecule has 0 bridgehead atoms. The van der Waals surface area contributed by atoms with Gasteiger partial charge < -0.3 is 33.2 Å². The molecule has 12 heteroatoms. The lowest BCUT2D eigenvalue weighted by Crippen LogP contribution is -2.63. The highest BCUT2D eigenvalue weighted by Gasteiger charge is 2.57. The number of carbonyl (C=O) groups excluding carboxylic acids is 5. The molecule has 0 unspecified atom stereocenters. The van der Waals surface area contributed by atoms with Crippen LogP contribution in [0.2, 0.25) is 0 Å². The number of ether oxygens (including phenoxy) is 7. The van der Waals surface area contributed by atoms with Gasteiger partial charge in [0.1, 0.15) is 18.8 Å². The Balaban J connectivity index is 1.65. The molecule has 0 amide bonds. The molecule has 0 radical (unpaired) electrons. The fourth-order valence-electron chi connectivity index (χ4n) is 6.54. The summed E-state index contributed by atoms with van der Waals surface area (Å²) in [5.41, 5.74) is 1.70. The fourth-order valence-corrected chi connectivity index (χ4v) is 6.54. The minimum atomic E-state index is -1.34. The van der Waals surface area contributed by atoms with E-state index in [0.717, 1.165) is 32.3 Å². The van der Waals surface area contributed by atoms with Gasteiger partial charge in [-0.3, -0.25) is 24.0 Å². The van der Waals surface area contributed by atoms with E-state index in [1.807, 2.05) is 6.92 Å². The van der Waals surface area contributed by atoms with Crippen LogP contribution in [-0.4, -0.2) is 79.4 Å².